The maximum atomic E-state index is 10.4. The van der Waals surface area contributed by atoms with Crippen LogP contribution in [0.15, 0.2) is 0 Å². The summed E-state index contributed by atoms with van der Waals surface area (Å²) >= 11 is 0. The second kappa shape index (κ2) is 3.17. The Bertz CT molecular complexity index is 151. The van der Waals surface area contributed by atoms with Crippen LogP contribution in [-0.4, -0.2) is 33.7 Å². The molecular weight excluding hydrogens is 150 g/mol. The van der Waals surface area contributed by atoms with Crippen LogP contribution in [0.5, 0.6) is 0 Å². The molecule has 1 aliphatic rings. The third kappa shape index (κ3) is 2.14. The first-order valence-corrected chi connectivity index (χ1v) is 3.44. The summed E-state index contributed by atoms with van der Waals surface area (Å²) in [5.74, 6) is -1.61. The van der Waals surface area contributed by atoms with Gasteiger partial charge < -0.3 is 15.3 Å². The lowest BCUT2D eigenvalue weighted by molar-refractivity contribution is -0.147. The van der Waals surface area contributed by atoms with Crippen molar-refractivity contribution in [3.8, 4) is 0 Å². The molecule has 1 rings (SSSR count). The van der Waals surface area contributed by atoms with E-state index in [1.54, 1.807) is 0 Å². The number of aliphatic hydroxyl groups excluding tert-OH is 2. The Labute approximate surface area is 63.7 Å². The van der Waals surface area contributed by atoms with Gasteiger partial charge in [-0.25, -0.2) is 0 Å². The van der Waals surface area contributed by atoms with Crippen LogP contribution in [0.4, 0.5) is 0 Å². The highest BCUT2D eigenvalue weighted by molar-refractivity contribution is 5.70. The van der Waals surface area contributed by atoms with Crippen LogP contribution < -0.4 is 5.32 Å². The SMILES string of the molecule is O=C(O)C1CC(O)NC(O)C1. The van der Waals surface area contributed by atoms with Gasteiger partial charge in [-0.1, -0.05) is 0 Å². The van der Waals surface area contributed by atoms with E-state index in [2.05, 4.69) is 5.32 Å². The molecule has 1 fully saturated rings. The number of carbonyl (C=O) groups is 1. The Morgan fingerprint density at radius 2 is 1.73 bits per heavy atom. The van der Waals surface area contributed by atoms with Crippen molar-refractivity contribution in [1.29, 1.82) is 0 Å². The molecule has 2 unspecified atom stereocenters. The second-order valence-electron chi connectivity index (χ2n) is 2.70. The molecule has 2 atom stereocenters. The van der Waals surface area contributed by atoms with E-state index in [1.165, 1.54) is 0 Å². The summed E-state index contributed by atoms with van der Waals surface area (Å²) in [6.07, 6.45) is -1.49. The van der Waals surface area contributed by atoms with Crippen molar-refractivity contribution >= 4 is 5.97 Å². The zero-order valence-corrected chi connectivity index (χ0v) is 5.90. The minimum Gasteiger partial charge on any atom is -0.481 e. The number of piperidine rings is 1. The number of nitrogens with one attached hydrogen (secondary N) is 1. The molecule has 5 heteroatoms. The molecule has 0 aromatic rings. The maximum absolute atomic E-state index is 10.4. The normalized spacial score (nSPS) is 38.5. The van der Waals surface area contributed by atoms with Crippen molar-refractivity contribution in [2.75, 3.05) is 0 Å². The van der Waals surface area contributed by atoms with Crippen molar-refractivity contribution < 1.29 is 20.1 Å². The summed E-state index contributed by atoms with van der Waals surface area (Å²) in [7, 11) is 0. The van der Waals surface area contributed by atoms with E-state index < -0.39 is 24.3 Å². The molecule has 0 aromatic carbocycles. The van der Waals surface area contributed by atoms with Crippen molar-refractivity contribution in [1.82, 2.24) is 5.32 Å². The van der Waals surface area contributed by atoms with Crippen LogP contribution in [0.1, 0.15) is 12.8 Å². The summed E-state index contributed by atoms with van der Waals surface area (Å²) in [4.78, 5) is 10.4. The Hall–Kier alpha value is -0.650. The van der Waals surface area contributed by atoms with Crippen molar-refractivity contribution in [3.63, 3.8) is 0 Å². The van der Waals surface area contributed by atoms with Crippen LogP contribution >= 0.6 is 0 Å². The molecule has 0 amide bonds. The van der Waals surface area contributed by atoms with Gasteiger partial charge in [0.1, 0.15) is 12.5 Å². The molecule has 1 saturated heterocycles. The third-order valence-corrected chi connectivity index (χ3v) is 1.75. The Kier molecular flexibility index (Phi) is 2.43. The molecule has 0 saturated carbocycles. The summed E-state index contributed by atoms with van der Waals surface area (Å²) < 4.78 is 0. The zero-order chi connectivity index (χ0) is 8.43. The van der Waals surface area contributed by atoms with Crippen LogP contribution in [0.2, 0.25) is 0 Å². The van der Waals surface area contributed by atoms with Crippen LogP contribution in [0.3, 0.4) is 0 Å². The van der Waals surface area contributed by atoms with Gasteiger partial charge in [-0.15, -0.1) is 0 Å². The lowest BCUT2D eigenvalue weighted by Crippen LogP contribution is -2.47. The molecule has 0 aliphatic carbocycles. The van der Waals surface area contributed by atoms with Crippen LogP contribution in [-0.2, 0) is 4.79 Å². The number of carboxylic acid groups (broad SMARTS) is 1. The van der Waals surface area contributed by atoms with Gasteiger partial charge in [0.15, 0.2) is 0 Å². The highest BCUT2D eigenvalue weighted by Gasteiger charge is 2.29. The highest BCUT2D eigenvalue weighted by Crippen LogP contribution is 2.17. The standard InChI is InChI=1S/C6H11NO4/c8-4-1-3(6(10)11)2-5(9)7-4/h3-5,7-9H,1-2H2,(H,10,11). The van der Waals surface area contributed by atoms with Gasteiger partial charge in [0, 0.05) is 12.8 Å². The molecular formula is C6H11NO4. The molecule has 1 aliphatic heterocycles. The molecule has 5 nitrogen and oxygen atoms in total. The third-order valence-electron chi connectivity index (χ3n) is 1.75. The molecule has 4 N–H and O–H groups in total. The fourth-order valence-corrected chi connectivity index (χ4v) is 1.20. The average Bonchev–Trinajstić information content (AvgIpc) is 1.85. The van der Waals surface area contributed by atoms with E-state index in [9.17, 15) is 4.79 Å². The maximum Gasteiger partial charge on any atom is 0.306 e. The van der Waals surface area contributed by atoms with Crippen molar-refractivity contribution in [2.45, 2.75) is 25.3 Å². The first-order chi connectivity index (χ1) is 5.09. The summed E-state index contributed by atoms with van der Waals surface area (Å²) in [5.41, 5.74) is 0. The lowest BCUT2D eigenvalue weighted by atomic mass is 9.96. The van der Waals surface area contributed by atoms with Crippen molar-refractivity contribution in [3.05, 3.63) is 0 Å². The van der Waals surface area contributed by atoms with E-state index in [0.717, 1.165) is 0 Å². The number of hydrogen-bond donors (Lipinski definition) is 4. The predicted octanol–water partition coefficient (Wildman–Crippen LogP) is -1.29. The Morgan fingerprint density at radius 3 is 2.09 bits per heavy atom. The fraction of sp³-hybridized carbons (Fsp3) is 0.833. The number of hydrogen-bond acceptors (Lipinski definition) is 4. The van der Waals surface area contributed by atoms with E-state index in [0.29, 0.717) is 0 Å². The summed E-state index contributed by atoms with van der Waals surface area (Å²) in [6.45, 7) is 0. The number of carboxylic acids is 1. The monoisotopic (exact) mass is 161 g/mol. The van der Waals surface area contributed by atoms with E-state index >= 15 is 0 Å². The van der Waals surface area contributed by atoms with Crippen LogP contribution in [0, 0.1) is 5.92 Å². The minimum atomic E-state index is -0.968. The largest absolute Gasteiger partial charge is 0.481 e. The lowest BCUT2D eigenvalue weighted by Gasteiger charge is -2.28. The Balaban J connectivity index is 2.49. The van der Waals surface area contributed by atoms with Gasteiger partial charge in [0.25, 0.3) is 0 Å². The van der Waals surface area contributed by atoms with Gasteiger partial charge >= 0.3 is 5.97 Å². The number of aliphatic carboxylic acids is 1. The van der Waals surface area contributed by atoms with Crippen molar-refractivity contribution in [2.24, 2.45) is 5.92 Å². The van der Waals surface area contributed by atoms with Crippen LogP contribution in [0.25, 0.3) is 0 Å². The average molecular weight is 161 g/mol. The molecule has 11 heavy (non-hydrogen) atoms. The molecule has 0 radical (unpaired) electrons. The topological polar surface area (TPSA) is 89.8 Å². The quantitative estimate of drug-likeness (QED) is 0.384. The Morgan fingerprint density at radius 1 is 1.27 bits per heavy atom. The van der Waals surface area contributed by atoms with E-state index in [1.807, 2.05) is 0 Å². The highest BCUT2D eigenvalue weighted by atomic mass is 16.4. The molecule has 1 heterocycles. The molecule has 0 spiro atoms. The predicted molar refractivity (Wildman–Crippen MR) is 35.5 cm³/mol. The first-order valence-electron chi connectivity index (χ1n) is 3.44. The van der Waals surface area contributed by atoms with Gasteiger partial charge in [-0.3, -0.25) is 10.1 Å². The number of aliphatic hydroxyl groups is 2. The molecule has 64 valence electrons. The molecule has 0 aromatic heterocycles. The summed E-state index contributed by atoms with van der Waals surface area (Å²) in [5, 5.41) is 28.9. The van der Waals surface area contributed by atoms with Gasteiger partial charge in [-0.05, 0) is 0 Å². The zero-order valence-electron chi connectivity index (χ0n) is 5.90. The van der Waals surface area contributed by atoms with E-state index in [-0.39, 0.29) is 12.8 Å². The fourth-order valence-electron chi connectivity index (χ4n) is 1.20. The molecule has 0 bridgehead atoms. The minimum absolute atomic E-state index is 0.159. The second-order valence-corrected chi connectivity index (χ2v) is 2.70. The van der Waals surface area contributed by atoms with E-state index in [4.69, 9.17) is 15.3 Å². The van der Waals surface area contributed by atoms with Gasteiger partial charge in [0.05, 0.1) is 5.92 Å². The first kappa shape index (κ1) is 8.45. The smallest absolute Gasteiger partial charge is 0.306 e. The van der Waals surface area contributed by atoms with Gasteiger partial charge in [0.2, 0.25) is 0 Å². The summed E-state index contributed by atoms with van der Waals surface area (Å²) in [6, 6.07) is 0. The van der Waals surface area contributed by atoms with Gasteiger partial charge in [-0.2, -0.15) is 0 Å². The number of rotatable bonds is 1.